The third-order valence-electron chi connectivity index (χ3n) is 7.68. The summed E-state index contributed by atoms with van der Waals surface area (Å²) in [5.74, 6) is -0.238. The molecule has 9 heteroatoms. The second-order valence-electron chi connectivity index (χ2n) is 10.1. The minimum atomic E-state index is -0.238. The maximum absolute atomic E-state index is 13.5. The first kappa shape index (κ1) is 24.2. The quantitative estimate of drug-likeness (QED) is 0.417. The van der Waals surface area contributed by atoms with Crippen molar-refractivity contribution in [3.63, 3.8) is 0 Å². The lowest BCUT2D eigenvalue weighted by molar-refractivity contribution is 0.0297. The van der Waals surface area contributed by atoms with Crippen molar-refractivity contribution in [1.82, 2.24) is 29.2 Å². The standard InChI is InChI=1S/C28H33FN6O2/c29-23-3-1-21(2-4-23)18-35-20-22(26-24-5-6-30-28(36)27(24)31-17-25(26)35)19-34-11-9-32(10-12-34)7-8-33-13-15-37-16-14-33/h1-6,17,20H,7-16,18-19H2,(H,30,36). The van der Waals surface area contributed by atoms with Crippen LogP contribution in [-0.4, -0.2) is 94.8 Å². The van der Waals surface area contributed by atoms with Crippen LogP contribution in [-0.2, 0) is 17.8 Å². The third kappa shape index (κ3) is 5.31. The molecule has 0 aliphatic carbocycles. The summed E-state index contributed by atoms with van der Waals surface area (Å²) < 4.78 is 21.1. The van der Waals surface area contributed by atoms with Gasteiger partial charge in [-0.05, 0) is 29.3 Å². The molecular formula is C28H33FN6O2. The molecule has 6 rings (SSSR count). The molecule has 37 heavy (non-hydrogen) atoms. The van der Waals surface area contributed by atoms with Crippen molar-refractivity contribution in [1.29, 1.82) is 0 Å². The van der Waals surface area contributed by atoms with Crippen LogP contribution in [0, 0.1) is 5.82 Å². The second kappa shape index (κ2) is 10.7. The molecule has 2 aliphatic heterocycles. The predicted octanol–water partition coefficient (Wildman–Crippen LogP) is 2.52. The summed E-state index contributed by atoms with van der Waals surface area (Å²) >= 11 is 0. The lowest BCUT2D eigenvalue weighted by atomic mass is 10.1. The number of hydrogen-bond acceptors (Lipinski definition) is 6. The zero-order chi connectivity index (χ0) is 25.2. The van der Waals surface area contributed by atoms with Gasteiger partial charge in [-0.1, -0.05) is 12.1 Å². The molecule has 194 valence electrons. The van der Waals surface area contributed by atoms with Gasteiger partial charge in [-0.15, -0.1) is 0 Å². The van der Waals surface area contributed by atoms with E-state index in [-0.39, 0.29) is 11.4 Å². The first-order chi connectivity index (χ1) is 18.1. The van der Waals surface area contributed by atoms with Crippen LogP contribution in [0.5, 0.6) is 0 Å². The average molecular weight is 505 g/mol. The van der Waals surface area contributed by atoms with Gasteiger partial charge in [-0.2, -0.15) is 0 Å². The highest BCUT2D eigenvalue weighted by molar-refractivity contribution is 6.06. The summed E-state index contributed by atoms with van der Waals surface area (Å²) in [5.41, 5.74) is 3.48. The fourth-order valence-corrected chi connectivity index (χ4v) is 5.56. The number of aromatic amines is 1. The van der Waals surface area contributed by atoms with E-state index in [4.69, 9.17) is 4.74 Å². The van der Waals surface area contributed by atoms with E-state index in [1.54, 1.807) is 12.4 Å². The number of fused-ring (bicyclic) bond motifs is 3. The summed E-state index contributed by atoms with van der Waals surface area (Å²) in [6, 6.07) is 8.56. The third-order valence-corrected chi connectivity index (χ3v) is 7.68. The van der Waals surface area contributed by atoms with Crippen molar-refractivity contribution in [3.8, 4) is 0 Å². The van der Waals surface area contributed by atoms with E-state index in [0.717, 1.165) is 94.0 Å². The highest BCUT2D eigenvalue weighted by Crippen LogP contribution is 2.29. The molecule has 1 N–H and O–H groups in total. The zero-order valence-corrected chi connectivity index (χ0v) is 21.0. The predicted molar refractivity (Wildman–Crippen MR) is 142 cm³/mol. The maximum Gasteiger partial charge on any atom is 0.274 e. The van der Waals surface area contributed by atoms with Gasteiger partial charge in [0.15, 0.2) is 0 Å². The summed E-state index contributed by atoms with van der Waals surface area (Å²) in [4.78, 5) is 27.3. The Labute approximate surface area is 215 Å². The Balaban J connectivity index is 1.22. The highest BCUT2D eigenvalue weighted by atomic mass is 19.1. The summed E-state index contributed by atoms with van der Waals surface area (Å²) in [7, 11) is 0. The number of halogens is 1. The summed E-state index contributed by atoms with van der Waals surface area (Å²) in [6.45, 7) is 11.5. The smallest absolute Gasteiger partial charge is 0.274 e. The molecule has 4 aromatic rings. The fraction of sp³-hybridized carbons (Fsp3) is 0.429. The topological polar surface area (TPSA) is 69.6 Å². The van der Waals surface area contributed by atoms with Crippen LogP contribution in [0.1, 0.15) is 11.1 Å². The minimum Gasteiger partial charge on any atom is -0.379 e. The molecule has 2 fully saturated rings. The van der Waals surface area contributed by atoms with Gasteiger partial charge in [0.2, 0.25) is 0 Å². The van der Waals surface area contributed by atoms with Crippen LogP contribution in [0.3, 0.4) is 0 Å². The fourth-order valence-electron chi connectivity index (χ4n) is 5.56. The number of benzene rings is 1. The minimum absolute atomic E-state index is 0.175. The molecule has 3 aromatic heterocycles. The largest absolute Gasteiger partial charge is 0.379 e. The Morgan fingerprint density at radius 3 is 2.35 bits per heavy atom. The van der Waals surface area contributed by atoms with E-state index >= 15 is 0 Å². The molecule has 0 spiro atoms. The zero-order valence-electron chi connectivity index (χ0n) is 21.0. The number of H-pyrrole nitrogens is 1. The summed E-state index contributed by atoms with van der Waals surface area (Å²) in [5, 5.41) is 1.95. The number of nitrogens with zero attached hydrogens (tertiary/aromatic N) is 5. The van der Waals surface area contributed by atoms with Gasteiger partial charge in [-0.3, -0.25) is 19.5 Å². The number of aromatic nitrogens is 3. The van der Waals surface area contributed by atoms with Crippen LogP contribution in [0.15, 0.2) is 53.7 Å². The van der Waals surface area contributed by atoms with Crippen LogP contribution in [0.2, 0.25) is 0 Å². The molecule has 0 atom stereocenters. The van der Waals surface area contributed by atoms with Gasteiger partial charge in [-0.25, -0.2) is 9.37 Å². The Bertz CT molecular complexity index is 1420. The molecule has 0 bridgehead atoms. The Morgan fingerprint density at radius 1 is 0.892 bits per heavy atom. The van der Waals surface area contributed by atoms with Crippen LogP contribution in [0.4, 0.5) is 4.39 Å². The van der Waals surface area contributed by atoms with Gasteiger partial charge in [0.1, 0.15) is 11.3 Å². The van der Waals surface area contributed by atoms with Crippen molar-refractivity contribution >= 4 is 21.8 Å². The highest BCUT2D eigenvalue weighted by Gasteiger charge is 2.21. The van der Waals surface area contributed by atoms with E-state index in [0.29, 0.717) is 12.1 Å². The Hall–Kier alpha value is -3.11. The Morgan fingerprint density at radius 2 is 1.59 bits per heavy atom. The van der Waals surface area contributed by atoms with Gasteiger partial charge in [0, 0.05) is 88.6 Å². The van der Waals surface area contributed by atoms with Crippen molar-refractivity contribution < 1.29 is 9.13 Å². The molecule has 0 unspecified atom stereocenters. The average Bonchev–Trinajstić information content (AvgIpc) is 3.27. The number of rotatable bonds is 7. The molecule has 0 radical (unpaired) electrons. The van der Waals surface area contributed by atoms with Gasteiger partial charge >= 0.3 is 0 Å². The molecule has 0 saturated carbocycles. The first-order valence-corrected chi connectivity index (χ1v) is 13.1. The number of ether oxygens (including phenoxy) is 1. The molecule has 5 heterocycles. The van der Waals surface area contributed by atoms with E-state index in [1.165, 1.54) is 17.7 Å². The van der Waals surface area contributed by atoms with Crippen molar-refractivity contribution in [2.75, 3.05) is 65.6 Å². The normalized spacial score (nSPS) is 18.2. The number of hydrogen-bond donors (Lipinski definition) is 1. The Kier molecular flexibility index (Phi) is 7.01. The molecule has 8 nitrogen and oxygen atoms in total. The first-order valence-electron chi connectivity index (χ1n) is 13.1. The van der Waals surface area contributed by atoms with Gasteiger partial charge in [0.25, 0.3) is 5.56 Å². The second-order valence-corrected chi connectivity index (χ2v) is 10.1. The van der Waals surface area contributed by atoms with E-state index in [9.17, 15) is 9.18 Å². The number of morpholine rings is 1. The van der Waals surface area contributed by atoms with Gasteiger partial charge < -0.3 is 14.3 Å². The maximum atomic E-state index is 13.5. The van der Waals surface area contributed by atoms with E-state index < -0.39 is 0 Å². The lowest BCUT2D eigenvalue weighted by Gasteiger charge is -2.36. The van der Waals surface area contributed by atoms with Gasteiger partial charge in [0.05, 0.1) is 24.9 Å². The molecule has 2 saturated heterocycles. The van der Waals surface area contributed by atoms with Crippen molar-refractivity contribution in [3.05, 3.63) is 76.2 Å². The molecule has 0 amide bonds. The van der Waals surface area contributed by atoms with Crippen LogP contribution in [0.25, 0.3) is 21.8 Å². The molecule has 1 aromatic carbocycles. The monoisotopic (exact) mass is 504 g/mol. The number of pyridine rings is 2. The number of piperazine rings is 1. The van der Waals surface area contributed by atoms with Crippen molar-refractivity contribution in [2.45, 2.75) is 13.1 Å². The van der Waals surface area contributed by atoms with Crippen LogP contribution < -0.4 is 5.56 Å². The molecule has 2 aliphatic rings. The van der Waals surface area contributed by atoms with Crippen LogP contribution >= 0.6 is 0 Å². The van der Waals surface area contributed by atoms with E-state index in [1.807, 2.05) is 18.2 Å². The van der Waals surface area contributed by atoms with E-state index in [2.05, 4.69) is 35.4 Å². The summed E-state index contributed by atoms with van der Waals surface area (Å²) in [6.07, 6.45) is 5.67. The molecular weight excluding hydrogens is 471 g/mol. The lowest BCUT2D eigenvalue weighted by Crippen LogP contribution is -2.49. The SMILES string of the molecule is O=c1[nH]ccc2c1ncc1c2c(CN2CCN(CCN3CCOCC3)CC2)cn1Cc1ccc(F)cc1. The van der Waals surface area contributed by atoms with Crippen molar-refractivity contribution in [2.24, 2.45) is 0 Å². The number of nitrogens with one attached hydrogen (secondary N) is 1.